The largest absolute Gasteiger partial charge is 0.389 e. The average molecular weight is 260 g/mol. The minimum absolute atomic E-state index is 0.0804. The van der Waals surface area contributed by atoms with Gasteiger partial charge in [0.25, 0.3) is 0 Å². The quantitative estimate of drug-likeness (QED) is 0.821. The lowest BCUT2D eigenvalue weighted by Gasteiger charge is -2.31. The van der Waals surface area contributed by atoms with Crippen LogP contribution in [0.2, 0.25) is 0 Å². The van der Waals surface area contributed by atoms with Crippen LogP contribution in [-0.4, -0.2) is 18.3 Å². The molecule has 0 aromatic heterocycles. The Labute approximate surface area is 105 Å². The van der Waals surface area contributed by atoms with E-state index >= 15 is 0 Å². The van der Waals surface area contributed by atoms with Crippen molar-refractivity contribution < 1.29 is 13.2 Å². The van der Waals surface area contributed by atoms with Gasteiger partial charge in [-0.1, -0.05) is 18.2 Å². The van der Waals surface area contributed by atoms with E-state index in [1.165, 1.54) is 0 Å². The van der Waals surface area contributed by atoms with Crippen molar-refractivity contribution in [2.45, 2.75) is 37.9 Å². The highest BCUT2D eigenvalue weighted by Crippen LogP contribution is 2.26. The molecule has 1 atom stereocenters. The highest BCUT2D eigenvalue weighted by atomic mass is 19.4. The Kier molecular flexibility index (Phi) is 5.02. The van der Waals surface area contributed by atoms with E-state index in [-0.39, 0.29) is 6.42 Å². The van der Waals surface area contributed by atoms with Gasteiger partial charge >= 0.3 is 6.18 Å². The first kappa shape index (κ1) is 14.8. The van der Waals surface area contributed by atoms with Gasteiger partial charge in [-0.2, -0.15) is 13.2 Å². The van der Waals surface area contributed by atoms with Crippen LogP contribution in [0.4, 0.5) is 18.9 Å². The van der Waals surface area contributed by atoms with Gasteiger partial charge in [-0.25, -0.2) is 0 Å². The molecule has 102 valence electrons. The number of hydrogen-bond donors (Lipinski definition) is 2. The smallest absolute Gasteiger partial charge is 0.379 e. The van der Waals surface area contributed by atoms with Gasteiger partial charge in [-0.15, -0.1) is 0 Å². The van der Waals surface area contributed by atoms with Gasteiger partial charge in [0.2, 0.25) is 0 Å². The maximum Gasteiger partial charge on any atom is 0.389 e. The predicted octanol–water partition coefficient (Wildman–Crippen LogP) is 3.55. The van der Waals surface area contributed by atoms with Gasteiger partial charge in [-0.05, 0) is 31.9 Å². The molecule has 2 nitrogen and oxygen atoms in total. The van der Waals surface area contributed by atoms with Crippen LogP contribution in [0.1, 0.15) is 26.2 Å². The lowest BCUT2D eigenvalue weighted by Crippen LogP contribution is -2.42. The van der Waals surface area contributed by atoms with E-state index in [2.05, 4.69) is 5.32 Å². The summed E-state index contributed by atoms with van der Waals surface area (Å²) in [5.74, 6) is 0. The number of rotatable bonds is 6. The molecule has 0 aliphatic heterocycles. The Bertz CT molecular complexity index is 351. The number of halogens is 3. The van der Waals surface area contributed by atoms with Crippen LogP contribution in [0.25, 0.3) is 0 Å². The zero-order chi connectivity index (χ0) is 13.6. The highest BCUT2D eigenvalue weighted by Gasteiger charge is 2.29. The second-order valence-electron chi connectivity index (χ2n) is 4.72. The third-order valence-corrected chi connectivity index (χ3v) is 2.86. The van der Waals surface area contributed by atoms with E-state index in [1.54, 1.807) is 0 Å². The minimum Gasteiger partial charge on any atom is -0.379 e. The fraction of sp³-hybridized carbons (Fsp3) is 0.538. The molecular formula is C13H19F3N2. The van der Waals surface area contributed by atoms with Gasteiger partial charge < -0.3 is 11.1 Å². The Morgan fingerprint density at radius 3 is 2.22 bits per heavy atom. The molecule has 18 heavy (non-hydrogen) atoms. The SMILES string of the molecule is CC(CN)(CCCC(F)(F)F)Nc1ccccc1. The van der Waals surface area contributed by atoms with Crippen molar-refractivity contribution in [3.63, 3.8) is 0 Å². The van der Waals surface area contributed by atoms with Crippen molar-refractivity contribution >= 4 is 5.69 Å². The fourth-order valence-electron chi connectivity index (χ4n) is 1.76. The van der Waals surface area contributed by atoms with E-state index in [0.717, 1.165) is 5.69 Å². The lowest BCUT2D eigenvalue weighted by atomic mass is 9.94. The third kappa shape index (κ3) is 5.40. The normalized spacial score (nSPS) is 15.2. The first-order chi connectivity index (χ1) is 8.35. The van der Waals surface area contributed by atoms with E-state index in [0.29, 0.717) is 13.0 Å². The number of benzene rings is 1. The number of alkyl halides is 3. The molecule has 0 radical (unpaired) electrons. The fourth-order valence-corrected chi connectivity index (χ4v) is 1.76. The van der Waals surface area contributed by atoms with Crippen molar-refractivity contribution in [3.8, 4) is 0 Å². The zero-order valence-corrected chi connectivity index (χ0v) is 10.4. The minimum atomic E-state index is -4.09. The van der Waals surface area contributed by atoms with Crippen molar-refractivity contribution in [1.82, 2.24) is 0 Å². The summed E-state index contributed by atoms with van der Waals surface area (Å²) < 4.78 is 36.3. The zero-order valence-electron chi connectivity index (χ0n) is 10.4. The molecule has 3 N–H and O–H groups in total. The van der Waals surface area contributed by atoms with Crippen LogP contribution in [0.15, 0.2) is 30.3 Å². The van der Waals surface area contributed by atoms with Crippen molar-refractivity contribution in [3.05, 3.63) is 30.3 Å². The van der Waals surface area contributed by atoms with Gasteiger partial charge in [-0.3, -0.25) is 0 Å². The summed E-state index contributed by atoms with van der Waals surface area (Å²) in [7, 11) is 0. The topological polar surface area (TPSA) is 38.0 Å². The van der Waals surface area contributed by atoms with Crippen molar-refractivity contribution in [2.24, 2.45) is 5.73 Å². The predicted molar refractivity (Wildman–Crippen MR) is 67.4 cm³/mol. The first-order valence-electron chi connectivity index (χ1n) is 5.95. The van der Waals surface area contributed by atoms with Gasteiger partial charge in [0.15, 0.2) is 0 Å². The summed E-state index contributed by atoms with van der Waals surface area (Å²) in [6.45, 7) is 2.14. The van der Waals surface area contributed by atoms with E-state index in [9.17, 15) is 13.2 Å². The summed E-state index contributed by atoms with van der Waals surface area (Å²) in [6.07, 6.45) is -4.39. The van der Waals surface area contributed by atoms with Crippen LogP contribution >= 0.6 is 0 Å². The number of nitrogens with two attached hydrogens (primary N) is 1. The molecule has 1 aromatic carbocycles. The summed E-state index contributed by atoms with van der Waals surface area (Å²) >= 11 is 0. The van der Waals surface area contributed by atoms with Gasteiger partial charge in [0.05, 0.1) is 0 Å². The monoisotopic (exact) mass is 260 g/mol. The molecule has 0 bridgehead atoms. The maximum absolute atomic E-state index is 12.1. The summed E-state index contributed by atoms with van der Waals surface area (Å²) in [6, 6.07) is 9.37. The average Bonchev–Trinajstić information content (AvgIpc) is 2.28. The Hall–Kier alpha value is -1.23. The third-order valence-electron chi connectivity index (χ3n) is 2.86. The van der Waals surface area contributed by atoms with E-state index < -0.39 is 18.1 Å². The molecule has 0 aliphatic rings. The molecule has 0 spiro atoms. The summed E-state index contributed by atoms with van der Waals surface area (Å²) in [5.41, 5.74) is 6.03. The second-order valence-corrected chi connectivity index (χ2v) is 4.72. The first-order valence-corrected chi connectivity index (χ1v) is 5.95. The van der Waals surface area contributed by atoms with Crippen LogP contribution in [0.3, 0.4) is 0 Å². The Morgan fingerprint density at radius 1 is 1.11 bits per heavy atom. The van der Waals surface area contributed by atoms with Crippen LogP contribution in [0, 0.1) is 0 Å². The molecular weight excluding hydrogens is 241 g/mol. The summed E-state index contributed by atoms with van der Waals surface area (Å²) in [5, 5.41) is 3.20. The molecule has 1 rings (SSSR count). The lowest BCUT2D eigenvalue weighted by molar-refractivity contribution is -0.136. The molecule has 0 fully saturated rings. The molecule has 0 amide bonds. The molecule has 0 saturated carbocycles. The maximum atomic E-state index is 12.1. The highest BCUT2D eigenvalue weighted by molar-refractivity contribution is 5.45. The van der Waals surface area contributed by atoms with Crippen LogP contribution in [0.5, 0.6) is 0 Å². The molecule has 5 heteroatoms. The molecule has 0 heterocycles. The Morgan fingerprint density at radius 2 is 1.72 bits per heavy atom. The Balaban J connectivity index is 2.52. The summed E-state index contributed by atoms with van der Waals surface area (Å²) in [4.78, 5) is 0. The number of hydrogen-bond acceptors (Lipinski definition) is 2. The van der Waals surface area contributed by atoms with E-state index in [4.69, 9.17) is 5.73 Å². The molecule has 1 unspecified atom stereocenters. The number of anilines is 1. The standard InChI is InChI=1S/C13H19F3N2/c1-12(10-17,8-5-9-13(14,15)16)18-11-6-3-2-4-7-11/h2-4,6-7,18H,5,8-10,17H2,1H3. The van der Waals surface area contributed by atoms with Gasteiger partial charge in [0.1, 0.15) is 0 Å². The van der Waals surface area contributed by atoms with Crippen molar-refractivity contribution in [2.75, 3.05) is 11.9 Å². The number of para-hydroxylation sites is 1. The van der Waals surface area contributed by atoms with Crippen LogP contribution < -0.4 is 11.1 Å². The van der Waals surface area contributed by atoms with Crippen LogP contribution in [-0.2, 0) is 0 Å². The molecule has 0 saturated heterocycles. The van der Waals surface area contributed by atoms with Crippen molar-refractivity contribution in [1.29, 1.82) is 0 Å². The molecule has 1 aromatic rings. The second kappa shape index (κ2) is 6.09. The van der Waals surface area contributed by atoms with Gasteiger partial charge in [0, 0.05) is 24.2 Å². The number of nitrogens with one attached hydrogen (secondary N) is 1. The molecule has 0 aliphatic carbocycles. The van der Waals surface area contributed by atoms with E-state index in [1.807, 2.05) is 37.3 Å².